The average molecular weight is 359 g/mol. The van der Waals surface area contributed by atoms with Crippen molar-refractivity contribution >= 4 is 27.6 Å². The minimum Gasteiger partial charge on any atom is -0.490 e. The number of carboxylic acid groups (broad SMARTS) is 1. The van der Waals surface area contributed by atoms with E-state index < -0.39 is 16.4 Å². The molecule has 0 heterocycles. The Labute approximate surface area is 129 Å². The number of carbonyl (C=O) groups is 1. The van der Waals surface area contributed by atoms with Gasteiger partial charge in [0.1, 0.15) is 17.9 Å². The Morgan fingerprint density at radius 3 is 2.81 bits per heavy atom. The fourth-order valence-electron chi connectivity index (χ4n) is 1.78. The van der Waals surface area contributed by atoms with E-state index in [1.807, 2.05) is 0 Å². The summed E-state index contributed by atoms with van der Waals surface area (Å²) in [5.74, 6) is -0.773. The van der Waals surface area contributed by atoms with Crippen LogP contribution in [0.1, 0.15) is 19.8 Å². The summed E-state index contributed by atoms with van der Waals surface area (Å²) in [6.45, 7) is 1.41. The summed E-state index contributed by atoms with van der Waals surface area (Å²) < 4.78 is 6.02. The molecule has 21 heavy (non-hydrogen) atoms. The van der Waals surface area contributed by atoms with E-state index in [9.17, 15) is 20.0 Å². The lowest BCUT2D eigenvalue weighted by molar-refractivity contribution is -0.385. The van der Waals surface area contributed by atoms with Gasteiger partial charge in [-0.05, 0) is 41.8 Å². The molecule has 1 aliphatic rings. The van der Waals surface area contributed by atoms with Crippen LogP contribution in [-0.2, 0) is 4.79 Å². The van der Waals surface area contributed by atoms with E-state index in [1.165, 1.54) is 18.2 Å². The number of nitrogens with one attached hydrogen (secondary N) is 1. The fraction of sp³-hybridized carbons (Fsp3) is 0.462. The van der Waals surface area contributed by atoms with Crippen LogP contribution in [0.2, 0.25) is 0 Å². The molecular weight excluding hydrogens is 344 g/mol. The van der Waals surface area contributed by atoms with E-state index in [4.69, 9.17) is 4.74 Å². The zero-order valence-electron chi connectivity index (χ0n) is 11.3. The van der Waals surface area contributed by atoms with Gasteiger partial charge in [0.2, 0.25) is 0 Å². The number of nitro groups is 1. The van der Waals surface area contributed by atoms with Crippen molar-refractivity contribution in [2.45, 2.75) is 31.3 Å². The van der Waals surface area contributed by atoms with Gasteiger partial charge >= 0.3 is 5.97 Å². The first-order chi connectivity index (χ1) is 9.82. The minimum atomic E-state index is -1.23. The Morgan fingerprint density at radius 2 is 2.29 bits per heavy atom. The largest absolute Gasteiger partial charge is 0.490 e. The van der Waals surface area contributed by atoms with Crippen LogP contribution in [0, 0.1) is 10.1 Å². The number of rotatable bonds is 7. The summed E-state index contributed by atoms with van der Waals surface area (Å²) >= 11 is 3.23. The lowest BCUT2D eigenvalue weighted by Crippen LogP contribution is -2.54. The molecule has 114 valence electrons. The molecule has 0 saturated heterocycles. The van der Waals surface area contributed by atoms with E-state index >= 15 is 0 Å². The van der Waals surface area contributed by atoms with Crippen molar-refractivity contribution in [3.8, 4) is 5.75 Å². The van der Waals surface area contributed by atoms with Gasteiger partial charge in [0.25, 0.3) is 5.69 Å². The monoisotopic (exact) mass is 358 g/mol. The zero-order chi connectivity index (χ0) is 15.6. The topological polar surface area (TPSA) is 102 Å². The van der Waals surface area contributed by atoms with Gasteiger partial charge in [0.05, 0.1) is 15.5 Å². The van der Waals surface area contributed by atoms with Crippen molar-refractivity contribution in [2.75, 3.05) is 6.61 Å². The smallest absolute Gasteiger partial charge is 0.327 e. The molecule has 0 radical (unpaired) electrons. The minimum absolute atomic E-state index is 0.111. The van der Waals surface area contributed by atoms with Gasteiger partial charge < -0.3 is 9.84 Å². The molecule has 0 amide bonds. The third kappa shape index (κ3) is 3.92. The maximum absolute atomic E-state index is 11.4. The normalized spacial score (nSPS) is 17.0. The van der Waals surface area contributed by atoms with Gasteiger partial charge in [0, 0.05) is 12.1 Å². The van der Waals surface area contributed by atoms with E-state index in [1.54, 1.807) is 6.92 Å². The fourth-order valence-corrected chi connectivity index (χ4v) is 2.14. The van der Waals surface area contributed by atoms with E-state index in [0.717, 1.165) is 12.8 Å². The zero-order valence-corrected chi connectivity index (χ0v) is 12.9. The van der Waals surface area contributed by atoms with Gasteiger partial charge in [-0.2, -0.15) is 0 Å². The Morgan fingerprint density at radius 1 is 1.62 bits per heavy atom. The molecule has 0 aromatic heterocycles. The summed E-state index contributed by atoms with van der Waals surface area (Å²) in [4.78, 5) is 21.6. The Bertz CT molecular complexity index is 576. The number of ether oxygens (including phenoxy) is 1. The molecular formula is C13H15BrN2O5. The van der Waals surface area contributed by atoms with Crippen LogP contribution in [0.15, 0.2) is 22.7 Å². The number of halogens is 1. The van der Waals surface area contributed by atoms with Crippen LogP contribution < -0.4 is 10.1 Å². The van der Waals surface area contributed by atoms with E-state index in [0.29, 0.717) is 4.47 Å². The maximum atomic E-state index is 11.4. The van der Waals surface area contributed by atoms with Gasteiger partial charge in [-0.25, -0.2) is 0 Å². The second kappa shape index (κ2) is 5.98. The van der Waals surface area contributed by atoms with Crippen molar-refractivity contribution in [1.29, 1.82) is 0 Å². The molecule has 1 aromatic carbocycles. The summed E-state index contributed by atoms with van der Waals surface area (Å²) in [6.07, 6.45) is 1.90. The van der Waals surface area contributed by atoms with Crippen LogP contribution in [0.25, 0.3) is 0 Å². The highest BCUT2D eigenvalue weighted by Crippen LogP contribution is 2.30. The highest BCUT2D eigenvalue weighted by atomic mass is 79.9. The molecule has 0 bridgehead atoms. The molecule has 1 saturated carbocycles. The number of nitro benzene ring substituents is 1. The van der Waals surface area contributed by atoms with Crippen LogP contribution in [0.3, 0.4) is 0 Å². The molecule has 1 atom stereocenters. The summed E-state index contributed by atoms with van der Waals surface area (Å²) in [5, 5.41) is 23.1. The molecule has 0 spiro atoms. The first-order valence-corrected chi connectivity index (χ1v) is 7.19. The van der Waals surface area contributed by atoms with Crippen molar-refractivity contribution < 1.29 is 19.6 Å². The molecule has 2 N–H and O–H groups in total. The third-order valence-corrected chi connectivity index (χ3v) is 3.87. The van der Waals surface area contributed by atoms with Crippen LogP contribution in [-0.4, -0.2) is 34.2 Å². The number of non-ortho nitro benzene ring substituents is 1. The summed E-state index contributed by atoms with van der Waals surface area (Å²) in [6, 6.07) is 4.31. The molecule has 1 unspecified atom stereocenters. The van der Waals surface area contributed by atoms with Crippen LogP contribution in [0.5, 0.6) is 5.75 Å². The van der Waals surface area contributed by atoms with Gasteiger partial charge in [0.15, 0.2) is 0 Å². The predicted molar refractivity (Wildman–Crippen MR) is 78.5 cm³/mol. The molecule has 1 aliphatic carbocycles. The maximum Gasteiger partial charge on any atom is 0.327 e. The first kappa shape index (κ1) is 15.7. The Hall–Kier alpha value is -1.67. The third-order valence-electron chi connectivity index (χ3n) is 3.21. The van der Waals surface area contributed by atoms with Gasteiger partial charge in [-0.15, -0.1) is 0 Å². The lowest BCUT2D eigenvalue weighted by atomic mass is 10.0. The summed E-state index contributed by atoms with van der Waals surface area (Å²) in [5.41, 5.74) is -1.34. The second-order valence-corrected chi connectivity index (χ2v) is 6.07. The second-order valence-electron chi connectivity index (χ2n) is 5.22. The highest BCUT2D eigenvalue weighted by Gasteiger charge is 2.39. The molecule has 8 heteroatoms. The number of nitrogens with zero attached hydrogens (tertiary/aromatic N) is 1. The standard InChI is InChI=1S/C13H15BrN2O5/c1-13(12(17)18,15-8-2-3-8)7-21-11-6-9(16(19)20)4-5-10(11)14/h4-6,8,15H,2-3,7H2,1H3,(H,17,18). The van der Waals surface area contributed by atoms with Crippen LogP contribution in [0.4, 0.5) is 5.69 Å². The molecule has 2 rings (SSSR count). The Balaban J connectivity index is 2.11. The average Bonchev–Trinajstić information content (AvgIpc) is 3.21. The first-order valence-electron chi connectivity index (χ1n) is 6.40. The van der Waals surface area contributed by atoms with E-state index in [-0.39, 0.29) is 24.1 Å². The lowest BCUT2D eigenvalue weighted by Gasteiger charge is -2.26. The number of benzene rings is 1. The molecule has 0 aliphatic heterocycles. The van der Waals surface area contributed by atoms with E-state index in [2.05, 4.69) is 21.2 Å². The number of aliphatic carboxylic acids is 1. The molecule has 1 fully saturated rings. The summed E-state index contributed by atoms with van der Waals surface area (Å²) in [7, 11) is 0. The SMILES string of the molecule is CC(COc1cc([N+](=O)[O-])ccc1Br)(NC1CC1)C(=O)O. The van der Waals surface area contributed by atoms with Crippen molar-refractivity contribution in [2.24, 2.45) is 0 Å². The molecule has 7 nitrogen and oxygen atoms in total. The van der Waals surface area contributed by atoms with Crippen molar-refractivity contribution in [3.63, 3.8) is 0 Å². The number of hydrogen-bond acceptors (Lipinski definition) is 5. The van der Waals surface area contributed by atoms with Crippen molar-refractivity contribution in [1.82, 2.24) is 5.32 Å². The highest BCUT2D eigenvalue weighted by molar-refractivity contribution is 9.10. The predicted octanol–water partition coefficient (Wildman–Crippen LogP) is 2.33. The molecule has 1 aromatic rings. The quantitative estimate of drug-likeness (QED) is 0.572. The number of carboxylic acids is 1. The van der Waals surface area contributed by atoms with Gasteiger partial charge in [-0.3, -0.25) is 20.2 Å². The Kier molecular flexibility index (Phi) is 4.48. The van der Waals surface area contributed by atoms with Gasteiger partial charge in [-0.1, -0.05) is 0 Å². The van der Waals surface area contributed by atoms with Crippen LogP contribution >= 0.6 is 15.9 Å². The number of hydrogen-bond donors (Lipinski definition) is 2. The van der Waals surface area contributed by atoms with Crippen molar-refractivity contribution in [3.05, 3.63) is 32.8 Å².